The summed E-state index contributed by atoms with van der Waals surface area (Å²) in [6, 6.07) is 10.1. The summed E-state index contributed by atoms with van der Waals surface area (Å²) in [5, 5.41) is 14.5. The van der Waals surface area contributed by atoms with Crippen molar-refractivity contribution in [3.63, 3.8) is 0 Å². The molecule has 0 saturated carbocycles. The zero-order chi connectivity index (χ0) is 16.1. The van der Waals surface area contributed by atoms with E-state index in [0.717, 1.165) is 5.69 Å². The molecule has 0 fully saturated rings. The van der Waals surface area contributed by atoms with Crippen LogP contribution in [0.2, 0.25) is 0 Å². The molecule has 0 radical (unpaired) electrons. The average molecular weight is 302 g/mol. The Hall–Kier alpha value is -3.03. The van der Waals surface area contributed by atoms with Gasteiger partial charge in [0.15, 0.2) is 6.20 Å². The van der Waals surface area contributed by atoms with Gasteiger partial charge >= 0.3 is 11.6 Å². The highest BCUT2D eigenvalue weighted by atomic mass is 16.6. The monoisotopic (exact) mass is 302 g/mol. The van der Waals surface area contributed by atoms with E-state index >= 15 is 0 Å². The molecule has 0 aliphatic rings. The van der Waals surface area contributed by atoms with Gasteiger partial charge in [0.2, 0.25) is 6.73 Å². The highest BCUT2D eigenvalue weighted by Crippen LogP contribution is 2.26. The van der Waals surface area contributed by atoms with Gasteiger partial charge in [-0.25, -0.2) is 5.53 Å². The van der Waals surface area contributed by atoms with Gasteiger partial charge in [-0.15, -0.1) is 4.57 Å². The molecule has 1 heterocycles. The fourth-order valence-electron chi connectivity index (χ4n) is 1.98. The number of ether oxygens (including phenoxy) is 1. The van der Waals surface area contributed by atoms with Crippen LogP contribution in [0.25, 0.3) is 5.69 Å². The molecule has 0 unspecified atom stereocenters. The molecule has 8 nitrogen and oxygen atoms in total. The Morgan fingerprint density at radius 2 is 2.14 bits per heavy atom. The van der Waals surface area contributed by atoms with Crippen LogP contribution in [-0.2, 0) is 0 Å². The lowest BCUT2D eigenvalue weighted by atomic mass is 10.2. The normalized spacial score (nSPS) is 10.1. The summed E-state index contributed by atoms with van der Waals surface area (Å²) in [4.78, 5) is 12.7. The molecule has 114 valence electrons. The fourth-order valence-corrected chi connectivity index (χ4v) is 1.98. The van der Waals surface area contributed by atoms with Gasteiger partial charge in [0.25, 0.3) is 5.69 Å². The summed E-state index contributed by atoms with van der Waals surface area (Å²) in [6.45, 7) is -0.145. The summed E-state index contributed by atoms with van der Waals surface area (Å²) in [7, 11) is 3.64. The van der Waals surface area contributed by atoms with Crippen molar-refractivity contribution in [2.45, 2.75) is 0 Å². The van der Waals surface area contributed by atoms with Gasteiger partial charge in [0.05, 0.1) is 11.0 Å². The number of pyridine rings is 1. The minimum atomic E-state index is -0.430. The third-order valence-corrected chi connectivity index (χ3v) is 3.03. The van der Waals surface area contributed by atoms with Crippen molar-refractivity contribution < 1.29 is 14.2 Å². The molecular weight excluding hydrogens is 286 g/mol. The highest BCUT2D eigenvalue weighted by molar-refractivity contribution is 5.59. The van der Waals surface area contributed by atoms with Crippen molar-refractivity contribution in [2.24, 2.45) is 5.11 Å². The molecule has 0 aliphatic carbocycles. The van der Waals surface area contributed by atoms with Crippen LogP contribution >= 0.6 is 0 Å². The lowest BCUT2D eigenvalue weighted by Gasteiger charge is -2.12. The van der Waals surface area contributed by atoms with Crippen molar-refractivity contribution in [2.75, 3.05) is 25.7 Å². The number of aromatic nitrogens is 1. The summed E-state index contributed by atoms with van der Waals surface area (Å²) in [5.74, 6) is 0.374. The van der Waals surface area contributed by atoms with Crippen LogP contribution in [0.3, 0.4) is 0 Å². The minimum Gasteiger partial charge on any atom is -0.419 e. The Labute approximate surface area is 127 Å². The number of nitro benzene ring substituents is 1. The van der Waals surface area contributed by atoms with E-state index in [4.69, 9.17) is 10.3 Å². The largest absolute Gasteiger partial charge is 0.419 e. The van der Waals surface area contributed by atoms with Gasteiger partial charge in [-0.05, 0) is 12.1 Å². The van der Waals surface area contributed by atoms with E-state index in [0.29, 0.717) is 11.6 Å². The smallest absolute Gasteiger partial charge is 0.375 e. The molecule has 0 amide bonds. The number of rotatable bonds is 6. The Morgan fingerprint density at radius 1 is 1.36 bits per heavy atom. The van der Waals surface area contributed by atoms with E-state index in [1.165, 1.54) is 6.07 Å². The van der Waals surface area contributed by atoms with Crippen molar-refractivity contribution in [1.82, 2.24) is 0 Å². The molecule has 0 saturated heterocycles. The molecule has 0 atom stereocenters. The average Bonchev–Trinajstić information content (AvgIpc) is 2.52. The van der Waals surface area contributed by atoms with E-state index < -0.39 is 4.92 Å². The SMILES string of the molecule is CN(C)c1ccc(-[n+]2ccccc2OCN=N)c([N+](=O)[O-])c1. The Morgan fingerprint density at radius 3 is 2.77 bits per heavy atom. The number of hydrogen-bond acceptors (Lipinski definition) is 6. The molecule has 1 aromatic heterocycles. The minimum absolute atomic E-state index is 0.0323. The van der Waals surface area contributed by atoms with E-state index in [-0.39, 0.29) is 12.4 Å². The van der Waals surface area contributed by atoms with Crippen LogP contribution in [0.15, 0.2) is 47.7 Å². The molecule has 0 spiro atoms. The first-order valence-corrected chi connectivity index (χ1v) is 6.47. The standard InChI is InChI=1S/C14H16N5O3/c1-17(2)11-6-7-12(13(9-11)19(20)21)18-8-4-3-5-14(18)22-10-16-15/h3-9,15H,10H2,1-2H3/q+1. The van der Waals surface area contributed by atoms with Crippen LogP contribution in [0, 0.1) is 15.6 Å². The number of nitrogens with zero attached hydrogens (tertiary/aromatic N) is 4. The van der Waals surface area contributed by atoms with Crippen molar-refractivity contribution >= 4 is 11.4 Å². The second-order valence-corrected chi connectivity index (χ2v) is 4.66. The molecule has 0 aliphatic heterocycles. The van der Waals surface area contributed by atoms with E-state index in [1.54, 1.807) is 46.0 Å². The molecule has 22 heavy (non-hydrogen) atoms. The summed E-state index contributed by atoms with van der Waals surface area (Å²) in [6.07, 6.45) is 1.66. The lowest BCUT2D eigenvalue weighted by molar-refractivity contribution is -0.608. The highest BCUT2D eigenvalue weighted by Gasteiger charge is 2.26. The maximum absolute atomic E-state index is 11.4. The third kappa shape index (κ3) is 3.17. The number of nitro groups is 1. The molecule has 2 rings (SSSR count). The second kappa shape index (κ2) is 6.61. The Bertz CT molecular complexity index is 703. The lowest BCUT2D eigenvalue weighted by Crippen LogP contribution is -2.33. The first-order chi connectivity index (χ1) is 10.5. The summed E-state index contributed by atoms with van der Waals surface area (Å²) >= 11 is 0. The van der Waals surface area contributed by atoms with Gasteiger partial charge in [-0.2, -0.15) is 5.11 Å². The van der Waals surface area contributed by atoms with Gasteiger partial charge in [0, 0.05) is 38.0 Å². The molecule has 0 bridgehead atoms. The van der Waals surface area contributed by atoms with E-state index in [2.05, 4.69) is 5.11 Å². The quantitative estimate of drug-likeness (QED) is 0.383. The zero-order valence-electron chi connectivity index (χ0n) is 12.3. The third-order valence-electron chi connectivity index (χ3n) is 3.03. The molecule has 8 heteroatoms. The number of hydrogen-bond donors (Lipinski definition) is 1. The van der Waals surface area contributed by atoms with Crippen LogP contribution in [0.4, 0.5) is 11.4 Å². The van der Waals surface area contributed by atoms with Crippen LogP contribution < -0.4 is 14.2 Å². The summed E-state index contributed by atoms with van der Waals surface area (Å²) in [5.41, 5.74) is 7.87. The molecular formula is C14H16N5O3+. The van der Waals surface area contributed by atoms with Crippen LogP contribution in [0.1, 0.15) is 0 Å². The van der Waals surface area contributed by atoms with Crippen LogP contribution in [0.5, 0.6) is 5.88 Å². The molecule has 2 aromatic rings. The summed E-state index contributed by atoms with van der Waals surface area (Å²) < 4.78 is 6.89. The molecule has 1 N–H and O–H groups in total. The van der Waals surface area contributed by atoms with Gasteiger partial charge in [-0.3, -0.25) is 10.1 Å². The predicted octanol–water partition coefficient (Wildman–Crippen LogP) is 2.30. The van der Waals surface area contributed by atoms with Gasteiger partial charge in [0.1, 0.15) is 0 Å². The Balaban J connectivity index is 2.57. The second-order valence-electron chi connectivity index (χ2n) is 4.66. The first-order valence-electron chi connectivity index (χ1n) is 6.47. The fraction of sp³-hybridized carbons (Fsp3) is 0.214. The van der Waals surface area contributed by atoms with Gasteiger partial charge < -0.3 is 9.64 Å². The number of anilines is 1. The van der Waals surface area contributed by atoms with E-state index in [1.807, 2.05) is 14.1 Å². The maximum atomic E-state index is 11.4. The van der Waals surface area contributed by atoms with Crippen molar-refractivity contribution in [3.8, 4) is 11.6 Å². The van der Waals surface area contributed by atoms with E-state index in [9.17, 15) is 10.1 Å². The van der Waals surface area contributed by atoms with Crippen molar-refractivity contribution in [1.29, 1.82) is 5.53 Å². The van der Waals surface area contributed by atoms with Gasteiger partial charge in [-0.1, -0.05) is 0 Å². The number of benzene rings is 1. The predicted molar refractivity (Wildman–Crippen MR) is 79.6 cm³/mol. The Kier molecular flexibility index (Phi) is 4.62. The van der Waals surface area contributed by atoms with Crippen molar-refractivity contribution in [3.05, 3.63) is 52.7 Å². The maximum Gasteiger partial charge on any atom is 0.375 e. The molecule has 1 aromatic carbocycles. The zero-order valence-corrected chi connectivity index (χ0v) is 12.3. The van der Waals surface area contributed by atoms with Crippen LogP contribution in [-0.4, -0.2) is 25.7 Å². The first kappa shape index (κ1) is 15.4. The number of nitrogens with one attached hydrogen (secondary N) is 1. The topological polar surface area (TPSA) is 95.7 Å².